The summed E-state index contributed by atoms with van der Waals surface area (Å²) in [7, 11) is 0. The van der Waals surface area contributed by atoms with Gasteiger partial charge in [-0.1, -0.05) is 0 Å². The highest BCUT2D eigenvalue weighted by molar-refractivity contribution is 5.14. The summed E-state index contributed by atoms with van der Waals surface area (Å²) in [5, 5.41) is 7.08. The maximum absolute atomic E-state index is 5.52. The van der Waals surface area contributed by atoms with Crippen molar-refractivity contribution < 1.29 is 4.74 Å². The predicted octanol–water partition coefficient (Wildman–Crippen LogP) is 2.63. The molecule has 0 aliphatic carbocycles. The fourth-order valence-electron chi connectivity index (χ4n) is 3.78. The minimum absolute atomic E-state index is 0.166. The van der Waals surface area contributed by atoms with E-state index in [1.807, 2.05) is 0 Å². The lowest BCUT2D eigenvalue weighted by Gasteiger charge is -2.24. The molecule has 5 heteroatoms. The molecular weight excluding hydrogens is 300 g/mol. The molecule has 0 bridgehead atoms. The molecule has 1 aromatic heterocycles. The lowest BCUT2D eigenvalue weighted by atomic mass is 9.96. The second-order valence-corrected chi connectivity index (χ2v) is 8.31. The first-order valence-corrected chi connectivity index (χ1v) is 9.63. The van der Waals surface area contributed by atoms with Gasteiger partial charge in [-0.15, -0.1) is 0 Å². The average molecular weight is 335 g/mol. The molecule has 2 fully saturated rings. The summed E-state index contributed by atoms with van der Waals surface area (Å²) >= 11 is 0. The highest BCUT2D eigenvalue weighted by Gasteiger charge is 2.25. The van der Waals surface area contributed by atoms with E-state index in [-0.39, 0.29) is 5.54 Å². The van der Waals surface area contributed by atoms with Crippen LogP contribution in [0.25, 0.3) is 0 Å². The van der Waals surface area contributed by atoms with E-state index in [4.69, 9.17) is 9.72 Å². The van der Waals surface area contributed by atoms with E-state index in [1.165, 1.54) is 24.4 Å². The van der Waals surface area contributed by atoms with Crippen LogP contribution in [0.4, 0.5) is 0 Å². The molecule has 2 aliphatic heterocycles. The number of nitrogens with zero attached hydrogens (tertiary/aromatic N) is 2. The molecule has 0 saturated carbocycles. The second-order valence-electron chi connectivity index (χ2n) is 8.31. The van der Waals surface area contributed by atoms with E-state index >= 15 is 0 Å². The zero-order valence-corrected chi connectivity index (χ0v) is 15.6. The van der Waals surface area contributed by atoms with Gasteiger partial charge in [0.1, 0.15) is 5.82 Å². The molecule has 0 amide bonds. The van der Waals surface area contributed by atoms with Gasteiger partial charge in [-0.3, -0.25) is 0 Å². The number of aromatic nitrogens is 2. The normalized spacial score (nSPS) is 21.3. The number of imidazole rings is 1. The Bertz CT molecular complexity index is 508. The summed E-state index contributed by atoms with van der Waals surface area (Å²) in [6.45, 7) is 12.7. The van der Waals surface area contributed by atoms with Crippen molar-refractivity contribution in [3.05, 3.63) is 17.7 Å². The van der Waals surface area contributed by atoms with Crippen LogP contribution < -0.4 is 10.6 Å². The highest BCUT2D eigenvalue weighted by atomic mass is 16.5. The average Bonchev–Trinajstić information content (AvgIpc) is 2.99. The lowest BCUT2D eigenvalue weighted by Crippen LogP contribution is -2.38. The van der Waals surface area contributed by atoms with Gasteiger partial charge in [0, 0.05) is 49.9 Å². The maximum Gasteiger partial charge on any atom is 0.112 e. The van der Waals surface area contributed by atoms with Crippen LogP contribution in [0.15, 0.2) is 6.20 Å². The van der Waals surface area contributed by atoms with E-state index < -0.39 is 0 Å². The van der Waals surface area contributed by atoms with Crippen molar-refractivity contribution in [1.82, 2.24) is 20.2 Å². The molecular formula is C19H34N4O. The van der Waals surface area contributed by atoms with Crippen molar-refractivity contribution in [3.63, 3.8) is 0 Å². The van der Waals surface area contributed by atoms with Gasteiger partial charge in [-0.25, -0.2) is 4.98 Å². The number of nitrogens with one attached hydrogen (secondary N) is 2. The van der Waals surface area contributed by atoms with Crippen LogP contribution in [-0.2, 0) is 11.3 Å². The Kier molecular flexibility index (Phi) is 5.95. The Morgan fingerprint density at radius 1 is 1.17 bits per heavy atom. The quantitative estimate of drug-likeness (QED) is 0.869. The monoisotopic (exact) mass is 334 g/mol. The maximum atomic E-state index is 5.52. The van der Waals surface area contributed by atoms with Crippen LogP contribution in [0, 0.1) is 0 Å². The third-order valence-corrected chi connectivity index (χ3v) is 5.18. The van der Waals surface area contributed by atoms with Crippen LogP contribution in [0.3, 0.4) is 0 Å². The SMILES string of the molecule is CC(C)(C)NCCn1cc(C2CCOCC2)nc1C1CCNCC1. The van der Waals surface area contributed by atoms with Crippen LogP contribution in [0.2, 0.25) is 0 Å². The highest BCUT2D eigenvalue weighted by Crippen LogP contribution is 2.30. The van der Waals surface area contributed by atoms with Crippen LogP contribution in [-0.4, -0.2) is 47.9 Å². The molecule has 1 aromatic rings. The first kappa shape index (κ1) is 17.9. The molecule has 0 unspecified atom stereocenters. The van der Waals surface area contributed by atoms with Crippen molar-refractivity contribution in [1.29, 1.82) is 0 Å². The summed E-state index contributed by atoms with van der Waals surface area (Å²) in [6, 6.07) is 0. The molecule has 0 atom stereocenters. The summed E-state index contributed by atoms with van der Waals surface area (Å²) in [5.41, 5.74) is 1.46. The van der Waals surface area contributed by atoms with Crippen molar-refractivity contribution in [2.75, 3.05) is 32.8 Å². The number of ether oxygens (including phenoxy) is 1. The Labute approximate surface area is 146 Å². The Morgan fingerprint density at radius 2 is 1.88 bits per heavy atom. The van der Waals surface area contributed by atoms with E-state index in [1.54, 1.807) is 0 Å². The second kappa shape index (κ2) is 7.98. The third-order valence-electron chi connectivity index (χ3n) is 5.18. The largest absolute Gasteiger partial charge is 0.381 e. The lowest BCUT2D eigenvalue weighted by molar-refractivity contribution is 0.0845. The van der Waals surface area contributed by atoms with E-state index in [0.717, 1.165) is 52.2 Å². The molecule has 5 nitrogen and oxygen atoms in total. The zero-order chi connectivity index (χ0) is 17.0. The summed E-state index contributed by atoms with van der Waals surface area (Å²) in [6.07, 6.45) is 6.97. The fourth-order valence-corrected chi connectivity index (χ4v) is 3.78. The van der Waals surface area contributed by atoms with Crippen LogP contribution in [0.1, 0.15) is 69.8 Å². The molecule has 136 valence electrons. The summed E-state index contributed by atoms with van der Waals surface area (Å²) in [4.78, 5) is 5.12. The van der Waals surface area contributed by atoms with Gasteiger partial charge in [0.2, 0.25) is 0 Å². The van der Waals surface area contributed by atoms with Gasteiger partial charge < -0.3 is 19.9 Å². The summed E-state index contributed by atoms with van der Waals surface area (Å²) < 4.78 is 7.95. The molecule has 2 N–H and O–H groups in total. The number of piperidine rings is 1. The Morgan fingerprint density at radius 3 is 2.54 bits per heavy atom. The number of hydrogen-bond donors (Lipinski definition) is 2. The molecule has 0 spiro atoms. The van der Waals surface area contributed by atoms with Gasteiger partial charge in [0.15, 0.2) is 0 Å². The van der Waals surface area contributed by atoms with Crippen molar-refractivity contribution >= 4 is 0 Å². The number of hydrogen-bond acceptors (Lipinski definition) is 4. The molecule has 2 saturated heterocycles. The smallest absolute Gasteiger partial charge is 0.112 e. The molecule has 0 aromatic carbocycles. The van der Waals surface area contributed by atoms with Gasteiger partial charge in [-0.05, 0) is 59.5 Å². The van der Waals surface area contributed by atoms with Gasteiger partial charge >= 0.3 is 0 Å². The topological polar surface area (TPSA) is 51.1 Å². The third kappa shape index (κ3) is 4.80. The van der Waals surface area contributed by atoms with Gasteiger partial charge in [0.05, 0.1) is 5.69 Å². The Balaban J connectivity index is 1.73. The number of rotatable bonds is 5. The summed E-state index contributed by atoms with van der Waals surface area (Å²) in [5.74, 6) is 2.50. The van der Waals surface area contributed by atoms with E-state index in [0.29, 0.717) is 11.8 Å². The van der Waals surface area contributed by atoms with Crippen molar-refractivity contribution in [2.24, 2.45) is 0 Å². The minimum Gasteiger partial charge on any atom is -0.381 e. The van der Waals surface area contributed by atoms with E-state index in [9.17, 15) is 0 Å². The zero-order valence-electron chi connectivity index (χ0n) is 15.6. The first-order valence-electron chi connectivity index (χ1n) is 9.63. The molecule has 3 rings (SSSR count). The minimum atomic E-state index is 0.166. The van der Waals surface area contributed by atoms with Crippen molar-refractivity contribution in [2.45, 2.75) is 70.4 Å². The predicted molar refractivity (Wildman–Crippen MR) is 97.6 cm³/mol. The molecule has 3 heterocycles. The molecule has 24 heavy (non-hydrogen) atoms. The standard InChI is InChI=1S/C19H34N4O/c1-19(2,3)21-10-11-23-14-17(15-6-12-24-13-7-15)22-18(23)16-4-8-20-9-5-16/h14-16,20-21H,4-13H2,1-3H3. The fraction of sp³-hybridized carbons (Fsp3) is 0.842. The first-order chi connectivity index (χ1) is 11.5. The van der Waals surface area contributed by atoms with Gasteiger partial charge in [-0.2, -0.15) is 0 Å². The van der Waals surface area contributed by atoms with E-state index in [2.05, 4.69) is 42.2 Å². The van der Waals surface area contributed by atoms with Crippen LogP contribution in [0.5, 0.6) is 0 Å². The Hall–Kier alpha value is -0.910. The van der Waals surface area contributed by atoms with Crippen molar-refractivity contribution in [3.8, 4) is 0 Å². The molecule has 2 aliphatic rings. The van der Waals surface area contributed by atoms with Crippen LogP contribution >= 0.6 is 0 Å². The van der Waals surface area contributed by atoms with Gasteiger partial charge in [0.25, 0.3) is 0 Å². The molecule has 0 radical (unpaired) electrons.